The fraction of sp³-hybridized carbons (Fsp3) is 0.188. The monoisotopic (exact) mass is 254 g/mol. The summed E-state index contributed by atoms with van der Waals surface area (Å²) in [6.07, 6.45) is 2.27. The molecule has 0 amide bonds. The first-order chi connectivity index (χ1) is 8.75. The minimum absolute atomic E-state index is 0.989. The predicted octanol–water partition coefficient (Wildman–Crippen LogP) is 4.13. The molecule has 2 heteroatoms. The van der Waals surface area contributed by atoms with Crippen molar-refractivity contribution in [3.05, 3.63) is 59.2 Å². The number of hydrogen-bond donors (Lipinski definition) is 0. The molecule has 0 bridgehead atoms. The number of rotatable bonds is 1. The summed E-state index contributed by atoms with van der Waals surface area (Å²) in [6, 6.07) is 15.1. The molecule has 0 spiro atoms. The number of hydrogen-bond acceptors (Lipinski definition) is 1. The number of benzene rings is 2. The zero-order valence-electron chi connectivity index (χ0n) is 10.7. The molecule has 90 valence electrons. The standard InChI is InChI=1S/C16H16NS/c1-12-6-3-4-9-15(12)17-10-14-8-5-7-13(2)16(14)18-11-17/h3-10H,11H2,1-2H3/q+1. The predicted molar refractivity (Wildman–Crippen MR) is 78.2 cm³/mol. The van der Waals surface area contributed by atoms with E-state index in [4.69, 9.17) is 0 Å². The SMILES string of the molecule is Cc1ccccc1[N+]1=Cc2cccc(C)c2SC1. The molecule has 0 unspecified atom stereocenters. The van der Waals surface area contributed by atoms with Gasteiger partial charge in [0, 0.05) is 16.5 Å². The first kappa shape index (κ1) is 11.5. The van der Waals surface area contributed by atoms with Gasteiger partial charge in [-0.25, -0.2) is 0 Å². The van der Waals surface area contributed by atoms with Crippen LogP contribution in [0.4, 0.5) is 5.69 Å². The van der Waals surface area contributed by atoms with E-state index in [-0.39, 0.29) is 0 Å². The lowest BCUT2D eigenvalue weighted by molar-refractivity contribution is -0.411. The number of thioether (sulfide) groups is 1. The Kier molecular flexibility index (Phi) is 2.96. The Hall–Kier alpha value is -1.54. The first-order valence-corrected chi connectivity index (χ1v) is 7.14. The number of aryl methyl sites for hydroxylation is 2. The van der Waals surface area contributed by atoms with Crippen molar-refractivity contribution in [1.29, 1.82) is 0 Å². The second-order valence-electron chi connectivity index (χ2n) is 4.65. The second kappa shape index (κ2) is 4.62. The van der Waals surface area contributed by atoms with Gasteiger partial charge in [0.2, 0.25) is 5.69 Å². The number of nitrogens with zero attached hydrogens (tertiary/aromatic N) is 1. The largest absolute Gasteiger partial charge is 0.208 e. The smallest absolute Gasteiger partial charge is 0.188 e. The average Bonchev–Trinajstić information content (AvgIpc) is 2.39. The average molecular weight is 254 g/mol. The molecule has 18 heavy (non-hydrogen) atoms. The molecule has 2 aromatic rings. The van der Waals surface area contributed by atoms with Crippen LogP contribution in [0.15, 0.2) is 47.4 Å². The van der Waals surface area contributed by atoms with E-state index in [0.29, 0.717) is 0 Å². The van der Waals surface area contributed by atoms with Gasteiger partial charge in [0.05, 0.1) is 5.56 Å². The van der Waals surface area contributed by atoms with Gasteiger partial charge in [-0.05, 0) is 25.5 Å². The molecule has 1 heterocycles. The van der Waals surface area contributed by atoms with Crippen LogP contribution in [0.2, 0.25) is 0 Å². The van der Waals surface area contributed by atoms with Crippen molar-refractivity contribution in [3.63, 3.8) is 0 Å². The van der Waals surface area contributed by atoms with Gasteiger partial charge in [0.15, 0.2) is 12.1 Å². The number of para-hydroxylation sites is 1. The van der Waals surface area contributed by atoms with Crippen LogP contribution in [-0.4, -0.2) is 16.7 Å². The molecule has 0 saturated heterocycles. The lowest BCUT2D eigenvalue weighted by atomic mass is 10.1. The normalized spacial score (nSPS) is 14.0. The first-order valence-electron chi connectivity index (χ1n) is 6.15. The molecular formula is C16H16NS+. The Morgan fingerprint density at radius 1 is 0.944 bits per heavy atom. The van der Waals surface area contributed by atoms with Crippen molar-refractivity contribution in [2.75, 3.05) is 5.88 Å². The van der Waals surface area contributed by atoms with Crippen molar-refractivity contribution in [3.8, 4) is 0 Å². The van der Waals surface area contributed by atoms with Crippen LogP contribution in [0.25, 0.3) is 0 Å². The molecule has 1 aliphatic heterocycles. The van der Waals surface area contributed by atoms with Crippen LogP contribution in [0.1, 0.15) is 16.7 Å². The van der Waals surface area contributed by atoms with Crippen LogP contribution in [0.3, 0.4) is 0 Å². The van der Waals surface area contributed by atoms with Gasteiger partial charge in [0.25, 0.3) is 0 Å². The molecule has 0 saturated carbocycles. The summed E-state index contributed by atoms with van der Waals surface area (Å²) in [5.41, 5.74) is 5.33. The van der Waals surface area contributed by atoms with Crippen molar-refractivity contribution in [2.24, 2.45) is 0 Å². The van der Waals surface area contributed by atoms with E-state index in [0.717, 1.165) is 5.88 Å². The summed E-state index contributed by atoms with van der Waals surface area (Å²) in [5.74, 6) is 0.989. The van der Waals surface area contributed by atoms with Crippen LogP contribution >= 0.6 is 11.8 Å². The molecule has 0 radical (unpaired) electrons. The summed E-state index contributed by atoms with van der Waals surface area (Å²) in [7, 11) is 0. The Morgan fingerprint density at radius 3 is 2.56 bits per heavy atom. The van der Waals surface area contributed by atoms with E-state index < -0.39 is 0 Å². The highest BCUT2D eigenvalue weighted by Crippen LogP contribution is 2.31. The van der Waals surface area contributed by atoms with Gasteiger partial charge >= 0.3 is 0 Å². The summed E-state index contributed by atoms with van der Waals surface area (Å²) in [6.45, 7) is 4.35. The molecular weight excluding hydrogens is 238 g/mol. The van der Waals surface area contributed by atoms with Gasteiger partial charge in [-0.3, -0.25) is 0 Å². The van der Waals surface area contributed by atoms with E-state index in [1.165, 1.54) is 27.3 Å². The highest BCUT2D eigenvalue weighted by atomic mass is 32.2. The number of fused-ring (bicyclic) bond motifs is 1. The van der Waals surface area contributed by atoms with Gasteiger partial charge in [0.1, 0.15) is 0 Å². The molecule has 0 aromatic heterocycles. The van der Waals surface area contributed by atoms with Gasteiger partial charge < -0.3 is 0 Å². The Morgan fingerprint density at radius 2 is 1.72 bits per heavy atom. The van der Waals surface area contributed by atoms with Crippen LogP contribution < -0.4 is 0 Å². The summed E-state index contributed by atoms with van der Waals surface area (Å²) >= 11 is 1.92. The fourth-order valence-electron chi connectivity index (χ4n) is 2.34. The van der Waals surface area contributed by atoms with Crippen molar-refractivity contribution < 1.29 is 4.58 Å². The zero-order valence-corrected chi connectivity index (χ0v) is 11.5. The lowest BCUT2D eigenvalue weighted by Gasteiger charge is -2.14. The molecule has 0 aliphatic carbocycles. The minimum atomic E-state index is 0.989. The molecule has 1 aliphatic rings. The van der Waals surface area contributed by atoms with Crippen LogP contribution in [-0.2, 0) is 0 Å². The van der Waals surface area contributed by atoms with Crippen molar-refractivity contribution >= 4 is 23.7 Å². The molecule has 0 N–H and O–H groups in total. The third-order valence-electron chi connectivity index (χ3n) is 3.31. The maximum atomic E-state index is 2.34. The zero-order chi connectivity index (χ0) is 12.5. The van der Waals surface area contributed by atoms with Crippen molar-refractivity contribution in [2.45, 2.75) is 18.7 Å². The maximum Gasteiger partial charge on any atom is 0.208 e. The van der Waals surface area contributed by atoms with Crippen LogP contribution in [0.5, 0.6) is 0 Å². The second-order valence-corrected chi connectivity index (χ2v) is 5.61. The Balaban J connectivity index is 2.10. The van der Waals surface area contributed by atoms with E-state index >= 15 is 0 Å². The summed E-state index contributed by atoms with van der Waals surface area (Å²) in [5, 5.41) is 0. The Labute approximate surface area is 112 Å². The van der Waals surface area contributed by atoms with E-state index in [1.54, 1.807) is 0 Å². The Bertz CT molecular complexity index is 629. The third kappa shape index (κ3) is 1.97. The molecule has 3 rings (SSSR count). The topological polar surface area (TPSA) is 3.01 Å². The third-order valence-corrected chi connectivity index (χ3v) is 4.56. The van der Waals surface area contributed by atoms with E-state index in [1.807, 2.05) is 11.8 Å². The van der Waals surface area contributed by atoms with Crippen LogP contribution in [0, 0.1) is 13.8 Å². The van der Waals surface area contributed by atoms with Gasteiger partial charge in [-0.1, -0.05) is 42.1 Å². The molecule has 2 aromatic carbocycles. The molecule has 0 fully saturated rings. The van der Waals surface area contributed by atoms with E-state index in [9.17, 15) is 0 Å². The van der Waals surface area contributed by atoms with Gasteiger partial charge in [-0.2, -0.15) is 4.58 Å². The highest BCUT2D eigenvalue weighted by Gasteiger charge is 2.20. The maximum absolute atomic E-state index is 2.34. The lowest BCUT2D eigenvalue weighted by Crippen LogP contribution is -2.14. The highest BCUT2D eigenvalue weighted by molar-refractivity contribution is 7.99. The summed E-state index contributed by atoms with van der Waals surface area (Å²) in [4.78, 5) is 1.42. The quantitative estimate of drug-likeness (QED) is 0.691. The van der Waals surface area contributed by atoms with E-state index in [2.05, 4.69) is 67.1 Å². The fourth-order valence-corrected chi connectivity index (χ4v) is 3.40. The molecule has 1 nitrogen and oxygen atoms in total. The molecule has 0 atom stereocenters. The summed E-state index contributed by atoms with van der Waals surface area (Å²) < 4.78 is 2.34. The van der Waals surface area contributed by atoms with Gasteiger partial charge in [-0.15, -0.1) is 0 Å². The van der Waals surface area contributed by atoms with Crippen molar-refractivity contribution in [1.82, 2.24) is 0 Å². The minimum Gasteiger partial charge on any atom is -0.188 e.